The molecule has 8 nitrogen and oxygen atoms in total. The van der Waals surface area contributed by atoms with Crippen LogP contribution in [0.25, 0.3) is 0 Å². The highest BCUT2D eigenvalue weighted by Crippen LogP contribution is 2.58. The van der Waals surface area contributed by atoms with Crippen LogP contribution in [-0.4, -0.2) is 60.1 Å². The molecule has 0 aromatic heterocycles. The molecule has 2 heterocycles. The maximum atomic E-state index is 12.6. The third kappa shape index (κ3) is 3.28. The molecular formula is C22H26O8. The van der Waals surface area contributed by atoms with E-state index in [1.807, 2.05) is 13.0 Å². The summed E-state index contributed by atoms with van der Waals surface area (Å²) in [5.41, 5.74) is 0.841. The first kappa shape index (κ1) is 20.8. The van der Waals surface area contributed by atoms with Crippen LogP contribution in [0.2, 0.25) is 0 Å². The van der Waals surface area contributed by atoms with E-state index in [1.54, 1.807) is 6.92 Å². The molecule has 2 aliphatic heterocycles. The van der Waals surface area contributed by atoms with Crippen molar-refractivity contribution in [1.82, 2.24) is 0 Å². The minimum atomic E-state index is -0.692. The highest BCUT2D eigenvalue weighted by Gasteiger charge is 2.68. The second kappa shape index (κ2) is 7.35. The van der Waals surface area contributed by atoms with E-state index in [2.05, 4.69) is 6.58 Å². The zero-order chi connectivity index (χ0) is 21.8. The molecule has 3 fully saturated rings. The number of epoxide rings is 1. The molecule has 0 aromatic rings. The van der Waals surface area contributed by atoms with E-state index in [1.165, 1.54) is 13.0 Å². The summed E-state index contributed by atoms with van der Waals surface area (Å²) >= 11 is 0. The summed E-state index contributed by atoms with van der Waals surface area (Å²) in [6, 6.07) is 0. The topological polar surface area (TPSA) is 112 Å². The van der Waals surface area contributed by atoms with Crippen LogP contribution in [0.4, 0.5) is 0 Å². The fraction of sp³-hybridized carbons (Fsp3) is 0.591. The van der Waals surface area contributed by atoms with Gasteiger partial charge in [0.05, 0.1) is 19.1 Å². The quantitative estimate of drug-likeness (QED) is 0.239. The lowest BCUT2D eigenvalue weighted by Crippen LogP contribution is -2.41. The molecule has 4 rings (SSSR count). The molecule has 7 atom stereocenters. The van der Waals surface area contributed by atoms with Crippen molar-refractivity contribution in [2.75, 3.05) is 13.2 Å². The molecule has 0 unspecified atom stereocenters. The third-order valence-corrected chi connectivity index (χ3v) is 6.66. The number of esters is 3. The summed E-state index contributed by atoms with van der Waals surface area (Å²) < 4.78 is 23.0. The number of carbonyl (C=O) groups is 3. The van der Waals surface area contributed by atoms with Gasteiger partial charge in [-0.3, -0.25) is 4.79 Å². The monoisotopic (exact) mass is 418 g/mol. The van der Waals surface area contributed by atoms with Crippen molar-refractivity contribution < 1.29 is 38.4 Å². The predicted octanol–water partition coefficient (Wildman–Crippen LogP) is 1.23. The first-order valence-electron chi connectivity index (χ1n) is 10.1. The predicted molar refractivity (Wildman–Crippen MR) is 103 cm³/mol. The molecule has 1 spiro atoms. The smallest absolute Gasteiger partial charge is 0.334 e. The average molecular weight is 418 g/mol. The summed E-state index contributed by atoms with van der Waals surface area (Å²) in [6.45, 7) is 8.90. The average Bonchev–Trinajstić information content (AvgIpc) is 3.30. The minimum Gasteiger partial charge on any atom is -0.458 e. The van der Waals surface area contributed by atoms with Crippen molar-refractivity contribution >= 4 is 17.9 Å². The van der Waals surface area contributed by atoms with Crippen LogP contribution in [0.3, 0.4) is 0 Å². The Kier molecular flexibility index (Phi) is 5.10. The van der Waals surface area contributed by atoms with Gasteiger partial charge in [-0.15, -0.1) is 0 Å². The molecule has 0 radical (unpaired) electrons. The van der Waals surface area contributed by atoms with Gasteiger partial charge in [0.2, 0.25) is 0 Å². The highest BCUT2D eigenvalue weighted by molar-refractivity contribution is 5.92. The lowest BCUT2D eigenvalue weighted by atomic mass is 9.77. The van der Waals surface area contributed by atoms with Crippen LogP contribution in [-0.2, 0) is 33.3 Å². The number of carbonyl (C=O) groups excluding carboxylic acids is 3. The maximum absolute atomic E-state index is 12.6. The van der Waals surface area contributed by atoms with Crippen LogP contribution < -0.4 is 0 Å². The third-order valence-electron chi connectivity index (χ3n) is 6.66. The minimum absolute atomic E-state index is 0.233. The highest BCUT2D eigenvalue weighted by atomic mass is 16.6. The van der Waals surface area contributed by atoms with Gasteiger partial charge in [0.1, 0.15) is 23.9 Å². The first-order chi connectivity index (χ1) is 14.2. The normalized spacial score (nSPS) is 39.6. The Morgan fingerprint density at radius 2 is 2.03 bits per heavy atom. The zero-order valence-corrected chi connectivity index (χ0v) is 17.3. The van der Waals surface area contributed by atoms with Crippen molar-refractivity contribution in [1.29, 1.82) is 0 Å². The summed E-state index contributed by atoms with van der Waals surface area (Å²) in [4.78, 5) is 36.7. The molecule has 0 aromatic carbocycles. The summed E-state index contributed by atoms with van der Waals surface area (Å²) in [5, 5.41) is 9.07. The molecular weight excluding hydrogens is 392 g/mol. The molecule has 2 saturated heterocycles. The number of hydrogen-bond donors (Lipinski definition) is 1. The SMILES string of the molecule is C=C1C(=O)O[C@H]2[C@H]3C(C)=C[C@@H](OC(C)=O)[C@H]3[C@@]3(CO3)C[C@@H](OC(=O)/C(C)=C\CO)[C@@H]12. The van der Waals surface area contributed by atoms with E-state index >= 15 is 0 Å². The Bertz CT molecular complexity index is 864. The summed E-state index contributed by atoms with van der Waals surface area (Å²) in [6.07, 6.45) is 1.81. The second-order valence-electron chi connectivity index (χ2n) is 8.53. The molecule has 1 saturated carbocycles. The van der Waals surface area contributed by atoms with Gasteiger partial charge >= 0.3 is 17.9 Å². The lowest BCUT2D eigenvalue weighted by Gasteiger charge is -2.31. The largest absolute Gasteiger partial charge is 0.458 e. The second-order valence-corrected chi connectivity index (χ2v) is 8.53. The van der Waals surface area contributed by atoms with Crippen LogP contribution in [0.15, 0.2) is 35.5 Å². The number of aliphatic hydroxyl groups excluding tert-OH is 1. The fourth-order valence-electron chi connectivity index (χ4n) is 5.26. The summed E-state index contributed by atoms with van der Waals surface area (Å²) in [7, 11) is 0. The Morgan fingerprint density at radius 1 is 1.33 bits per heavy atom. The van der Waals surface area contributed by atoms with Crippen molar-refractivity contribution in [3.05, 3.63) is 35.5 Å². The Balaban J connectivity index is 1.72. The van der Waals surface area contributed by atoms with E-state index in [0.717, 1.165) is 5.57 Å². The molecule has 8 heteroatoms. The van der Waals surface area contributed by atoms with Crippen LogP contribution in [0.1, 0.15) is 27.2 Å². The first-order valence-corrected chi connectivity index (χ1v) is 10.1. The number of rotatable bonds is 4. The molecule has 0 amide bonds. The van der Waals surface area contributed by atoms with Crippen LogP contribution in [0.5, 0.6) is 0 Å². The fourth-order valence-corrected chi connectivity index (χ4v) is 5.26. The van der Waals surface area contributed by atoms with Crippen LogP contribution >= 0.6 is 0 Å². The Hall–Kier alpha value is -2.45. The van der Waals surface area contributed by atoms with Gasteiger partial charge in [0, 0.05) is 36.3 Å². The van der Waals surface area contributed by atoms with Gasteiger partial charge in [0.15, 0.2) is 0 Å². The molecule has 30 heavy (non-hydrogen) atoms. The van der Waals surface area contributed by atoms with Gasteiger partial charge in [-0.2, -0.15) is 0 Å². The zero-order valence-electron chi connectivity index (χ0n) is 17.3. The number of ether oxygens (including phenoxy) is 4. The van der Waals surface area contributed by atoms with E-state index in [0.29, 0.717) is 13.0 Å². The van der Waals surface area contributed by atoms with Gasteiger partial charge in [-0.25, -0.2) is 9.59 Å². The lowest BCUT2D eigenvalue weighted by molar-refractivity contribution is -0.151. The van der Waals surface area contributed by atoms with Crippen molar-refractivity contribution in [3.63, 3.8) is 0 Å². The number of hydrogen-bond acceptors (Lipinski definition) is 8. The van der Waals surface area contributed by atoms with Gasteiger partial charge < -0.3 is 24.1 Å². The van der Waals surface area contributed by atoms with Gasteiger partial charge in [-0.1, -0.05) is 12.2 Å². The van der Waals surface area contributed by atoms with E-state index < -0.39 is 47.7 Å². The van der Waals surface area contributed by atoms with Crippen molar-refractivity contribution in [2.24, 2.45) is 17.8 Å². The van der Waals surface area contributed by atoms with Gasteiger partial charge in [0.25, 0.3) is 0 Å². The number of fused-ring (bicyclic) bond motifs is 4. The van der Waals surface area contributed by atoms with E-state index in [4.69, 9.17) is 24.1 Å². The van der Waals surface area contributed by atoms with Crippen LogP contribution in [0, 0.1) is 17.8 Å². The molecule has 4 aliphatic rings. The van der Waals surface area contributed by atoms with Crippen molar-refractivity contribution in [3.8, 4) is 0 Å². The Labute approximate surface area is 174 Å². The van der Waals surface area contributed by atoms with E-state index in [-0.39, 0.29) is 29.6 Å². The molecule has 2 aliphatic carbocycles. The Morgan fingerprint density at radius 3 is 2.63 bits per heavy atom. The standard InChI is InChI=1S/C22H26O8/c1-10(5-6-23)20(25)29-15-8-22(9-27-22)18-14(28-13(4)24)7-11(2)16(18)19-17(15)12(3)21(26)30-19/h5,7,14-19,23H,3,6,8-9H2,1-2,4H3/b10-5-/t14-,15-,16+,17-,18-,19+,22+/m1/s1. The van der Waals surface area contributed by atoms with E-state index in [9.17, 15) is 14.4 Å². The molecule has 1 N–H and O–H groups in total. The maximum Gasteiger partial charge on any atom is 0.334 e. The molecule has 162 valence electrons. The summed E-state index contributed by atoms with van der Waals surface area (Å²) in [5.74, 6) is -2.50. The number of aliphatic hydroxyl groups is 1. The molecule has 0 bridgehead atoms. The van der Waals surface area contributed by atoms with Crippen molar-refractivity contribution in [2.45, 2.75) is 51.1 Å². The van der Waals surface area contributed by atoms with Gasteiger partial charge in [-0.05, 0) is 26.0 Å².